The van der Waals surface area contributed by atoms with Gasteiger partial charge in [0.2, 0.25) is 0 Å². The van der Waals surface area contributed by atoms with Crippen LogP contribution in [-0.2, 0) is 6.54 Å². The summed E-state index contributed by atoms with van der Waals surface area (Å²) < 4.78 is 14.1. The average Bonchev–Trinajstić information content (AvgIpc) is 2.89. The summed E-state index contributed by atoms with van der Waals surface area (Å²) in [6.45, 7) is 3.70. The van der Waals surface area contributed by atoms with Crippen molar-refractivity contribution in [3.05, 3.63) is 29.6 Å². The minimum absolute atomic E-state index is 0.0974. The van der Waals surface area contributed by atoms with Gasteiger partial charge in [-0.25, -0.2) is 4.39 Å². The van der Waals surface area contributed by atoms with Crippen LogP contribution in [0, 0.1) is 5.82 Å². The third kappa shape index (κ3) is 3.02. The Morgan fingerprint density at radius 3 is 2.67 bits per heavy atom. The molecular formula is C15H23FN2. The molecule has 1 aromatic rings. The lowest BCUT2D eigenvalue weighted by molar-refractivity contribution is 0.592. The molecule has 0 aromatic heterocycles. The summed E-state index contributed by atoms with van der Waals surface area (Å²) in [6.07, 6.45) is 4.93. The number of halogens is 1. The van der Waals surface area contributed by atoms with Gasteiger partial charge in [0, 0.05) is 19.6 Å². The second-order valence-corrected chi connectivity index (χ2v) is 5.12. The fraction of sp³-hybridized carbons (Fsp3) is 0.600. The quantitative estimate of drug-likeness (QED) is 0.862. The minimum Gasteiger partial charge on any atom is -0.369 e. The average molecular weight is 250 g/mol. The molecule has 0 aliphatic heterocycles. The number of hydrogen-bond donors (Lipinski definition) is 1. The Bertz CT molecular complexity index is 386. The highest BCUT2D eigenvalue weighted by Gasteiger charge is 2.21. The van der Waals surface area contributed by atoms with Crippen LogP contribution in [0.2, 0.25) is 0 Å². The molecule has 0 amide bonds. The second-order valence-electron chi connectivity index (χ2n) is 5.12. The Morgan fingerprint density at radius 1 is 1.33 bits per heavy atom. The zero-order valence-electron chi connectivity index (χ0n) is 11.4. The van der Waals surface area contributed by atoms with Gasteiger partial charge in [0.25, 0.3) is 0 Å². The Kier molecular flexibility index (Phi) is 4.59. The van der Waals surface area contributed by atoms with Crippen LogP contribution in [0.3, 0.4) is 0 Å². The van der Waals surface area contributed by atoms with E-state index in [2.05, 4.69) is 17.1 Å². The van der Waals surface area contributed by atoms with Crippen molar-refractivity contribution < 1.29 is 4.39 Å². The van der Waals surface area contributed by atoms with Crippen molar-refractivity contribution in [3.8, 4) is 0 Å². The highest BCUT2D eigenvalue weighted by molar-refractivity contribution is 5.49. The van der Waals surface area contributed by atoms with Gasteiger partial charge in [0.05, 0.1) is 5.69 Å². The van der Waals surface area contributed by atoms with Crippen LogP contribution < -0.4 is 10.2 Å². The summed E-state index contributed by atoms with van der Waals surface area (Å²) >= 11 is 0. The molecule has 1 saturated carbocycles. The molecule has 0 atom stereocenters. The molecule has 0 unspecified atom stereocenters. The molecular weight excluding hydrogens is 227 g/mol. The van der Waals surface area contributed by atoms with Crippen LogP contribution >= 0.6 is 0 Å². The van der Waals surface area contributed by atoms with Crippen molar-refractivity contribution >= 4 is 5.69 Å². The first-order valence-corrected chi connectivity index (χ1v) is 6.94. The zero-order chi connectivity index (χ0) is 13.0. The van der Waals surface area contributed by atoms with Gasteiger partial charge in [0.15, 0.2) is 0 Å². The number of nitrogens with one attached hydrogen (secondary N) is 1. The second kappa shape index (κ2) is 6.19. The van der Waals surface area contributed by atoms with Gasteiger partial charge < -0.3 is 10.2 Å². The Hall–Kier alpha value is -1.09. The smallest absolute Gasteiger partial charge is 0.146 e. The van der Waals surface area contributed by atoms with Crippen LogP contribution in [0.1, 0.15) is 38.2 Å². The largest absolute Gasteiger partial charge is 0.369 e. The van der Waals surface area contributed by atoms with Crippen molar-refractivity contribution in [1.29, 1.82) is 0 Å². The van der Waals surface area contributed by atoms with Gasteiger partial charge >= 0.3 is 0 Å². The zero-order valence-corrected chi connectivity index (χ0v) is 11.4. The van der Waals surface area contributed by atoms with Gasteiger partial charge in [-0.2, -0.15) is 0 Å². The van der Waals surface area contributed by atoms with E-state index in [0.717, 1.165) is 24.3 Å². The van der Waals surface area contributed by atoms with E-state index >= 15 is 0 Å². The van der Waals surface area contributed by atoms with E-state index in [0.29, 0.717) is 6.04 Å². The maximum absolute atomic E-state index is 14.1. The first-order valence-electron chi connectivity index (χ1n) is 6.94. The fourth-order valence-electron chi connectivity index (χ4n) is 2.70. The number of nitrogens with zero attached hydrogens (tertiary/aromatic N) is 1. The van der Waals surface area contributed by atoms with Gasteiger partial charge in [0.1, 0.15) is 5.82 Å². The first kappa shape index (κ1) is 13.3. The molecule has 2 rings (SSSR count). The monoisotopic (exact) mass is 250 g/mol. The molecule has 3 heteroatoms. The molecule has 2 nitrogen and oxygen atoms in total. The van der Waals surface area contributed by atoms with Crippen molar-refractivity contribution in [2.75, 3.05) is 18.5 Å². The predicted molar refractivity (Wildman–Crippen MR) is 74.4 cm³/mol. The number of hydrogen-bond acceptors (Lipinski definition) is 2. The number of anilines is 1. The minimum atomic E-state index is -0.0974. The van der Waals surface area contributed by atoms with Crippen molar-refractivity contribution in [2.45, 2.75) is 45.2 Å². The topological polar surface area (TPSA) is 15.3 Å². The third-order valence-corrected chi connectivity index (χ3v) is 3.84. The lowest BCUT2D eigenvalue weighted by Gasteiger charge is -2.27. The van der Waals surface area contributed by atoms with Crippen LogP contribution in [0.25, 0.3) is 0 Å². The molecule has 100 valence electrons. The standard InChI is InChI=1S/C15H23FN2/c1-3-17-11-12-8-9-15(14(16)10-12)18(2)13-6-4-5-7-13/h8-10,13,17H,3-7,11H2,1-2H3. The van der Waals surface area contributed by atoms with E-state index < -0.39 is 0 Å². The molecule has 1 aliphatic carbocycles. The molecule has 0 saturated heterocycles. The van der Waals surface area contributed by atoms with E-state index in [-0.39, 0.29) is 5.82 Å². The molecule has 0 spiro atoms. The summed E-state index contributed by atoms with van der Waals surface area (Å²) in [5, 5.41) is 3.22. The van der Waals surface area contributed by atoms with Crippen LogP contribution in [-0.4, -0.2) is 19.6 Å². The van der Waals surface area contributed by atoms with Crippen LogP contribution in [0.15, 0.2) is 18.2 Å². The molecule has 0 radical (unpaired) electrons. The number of rotatable bonds is 5. The first-order chi connectivity index (χ1) is 8.72. The van der Waals surface area contributed by atoms with Gasteiger partial charge in [-0.15, -0.1) is 0 Å². The molecule has 0 bridgehead atoms. The summed E-state index contributed by atoms with van der Waals surface area (Å²) in [5.74, 6) is -0.0974. The van der Waals surface area contributed by atoms with E-state index in [1.54, 1.807) is 6.07 Å². The Labute approximate surface area is 109 Å². The van der Waals surface area contributed by atoms with E-state index in [4.69, 9.17) is 0 Å². The highest BCUT2D eigenvalue weighted by Crippen LogP contribution is 2.28. The van der Waals surface area contributed by atoms with E-state index in [1.165, 1.54) is 25.7 Å². The van der Waals surface area contributed by atoms with Crippen molar-refractivity contribution in [2.24, 2.45) is 0 Å². The molecule has 1 aliphatic rings. The van der Waals surface area contributed by atoms with Crippen molar-refractivity contribution in [1.82, 2.24) is 5.32 Å². The molecule has 18 heavy (non-hydrogen) atoms. The normalized spacial score (nSPS) is 16.2. The lowest BCUT2D eigenvalue weighted by atomic mass is 10.1. The maximum Gasteiger partial charge on any atom is 0.146 e. The Morgan fingerprint density at radius 2 is 2.06 bits per heavy atom. The maximum atomic E-state index is 14.1. The summed E-state index contributed by atoms with van der Waals surface area (Å²) in [6, 6.07) is 6.11. The van der Waals surface area contributed by atoms with Gasteiger partial charge in [-0.05, 0) is 37.1 Å². The van der Waals surface area contributed by atoms with Gasteiger partial charge in [-0.3, -0.25) is 0 Å². The van der Waals surface area contributed by atoms with Crippen LogP contribution in [0.5, 0.6) is 0 Å². The van der Waals surface area contributed by atoms with Crippen molar-refractivity contribution in [3.63, 3.8) is 0 Å². The van der Waals surface area contributed by atoms with E-state index in [9.17, 15) is 4.39 Å². The third-order valence-electron chi connectivity index (χ3n) is 3.84. The van der Waals surface area contributed by atoms with Gasteiger partial charge in [-0.1, -0.05) is 25.8 Å². The summed E-state index contributed by atoms with van der Waals surface area (Å²) in [4.78, 5) is 2.11. The van der Waals surface area contributed by atoms with Crippen LogP contribution in [0.4, 0.5) is 10.1 Å². The molecule has 1 fully saturated rings. The SMILES string of the molecule is CCNCc1ccc(N(C)C2CCCC2)c(F)c1. The van der Waals surface area contributed by atoms with E-state index in [1.807, 2.05) is 19.2 Å². The lowest BCUT2D eigenvalue weighted by Crippen LogP contribution is -2.29. The molecule has 0 heterocycles. The number of benzene rings is 1. The molecule has 1 N–H and O–H groups in total. The summed E-state index contributed by atoms with van der Waals surface area (Å²) in [7, 11) is 2.01. The highest BCUT2D eigenvalue weighted by atomic mass is 19.1. The summed E-state index contributed by atoms with van der Waals surface area (Å²) in [5.41, 5.74) is 1.75. The predicted octanol–water partition coefficient (Wildman–Crippen LogP) is 3.31. The Balaban J connectivity index is 2.08. The molecule has 1 aromatic carbocycles. The fourth-order valence-corrected chi connectivity index (χ4v) is 2.70.